The number of amides is 2. The molecule has 2 fully saturated rings. The van der Waals surface area contributed by atoms with Crippen LogP contribution in [0.1, 0.15) is 46.7 Å². The van der Waals surface area contributed by atoms with Crippen LogP contribution in [0.4, 0.5) is 0 Å². The molecule has 0 bridgehead atoms. The quantitative estimate of drug-likeness (QED) is 0.367. The number of carbonyl (C=O) groups excluding carboxylic acids is 2. The predicted molar refractivity (Wildman–Crippen MR) is 142 cm³/mol. The van der Waals surface area contributed by atoms with Gasteiger partial charge in [0.15, 0.2) is 0 Å². The molecule has 3 N–H and O–H groups in total. The number of hydrogen-bond donors (Lipinski definition) is 3. The van der Waals surface area contributed by atoms with E-state index in [9.17, 15) is 9.59 Å². The molecule has 37 heavy (non-hydrogen) atoms. The third-order valence-electron chi connectivity index (χ3n) is 7.22. The molecule has 1 aliphatic carbocycles. The molecule has 1 aliphatic heterocycles. The smallest absolute Gasteiger partial charge is 0.251 e. The summed E-state index contributed by atoms with van der Waals surface area (Å²) in [6.07, 6.45) is 5.91. The van der Waals surface area contributed by atoms with Gasteiger partial charge in [-0.15, -0.1) is 5.10 Å². The second-order valence-electron chi connectivity index (χ2n) is 9.95. The molecule has 0 spiro atoms. The van der Waals surface area contributed by atoms with E-state index in [4.69, 9.17) is 0 Å². The van der Waals surface area contributed by atoms with Crippen LogP contribution in [0, 0.1) is 6.92 Å². The molecular weight excluding hydrogens is 466 g/mol. The van der Waals surface area contributed by atoms with Gasteiger partial charge in [-0.05, 0) is 62.6 Å². The van der Waals surface area contributed by atoms with Gasteiger partial charge < -0.3 is 20.9 Å². The summed E-state index contributed by atoms with van der Waals surface area (Å²) in [5, 5.41) is 17.7. The van der Waals surface area contributed by atoms with E-state index in [0.29, 0.717) is 37.0 Å². The Hall–Kier alpha value is -3.56. The summed E-state index contributed by atoms with van der Waals surface area (Å²) in [6.45, 7) is 5.81. The minimum absolute atomic E-state index is 0.00182. The summed E-state index contributed by atoms with van der Waals surface area (Å²) in [5.41, 5.74) is 4.00. The first-order chi connectivity index (χ1) is 18.1. The lowest BCUT2D eigenvalue weighted by atomic mass is 10.1. The number of rotatable bonds is 10. The van der Waals surface area contributed by atoms with Gasteiger partial charge in [-0.25, -0.2) is 4.68 Å². The van der Waals surface area contributed by atoms with Gasteiger partial charge in [0.05, 0.1) is 18.1 Å². The van der Waals surface area contributed by atoms with Crippen molar-refractivity contribution in [1.29, 1.82) is 0 Å². The zero-order valence-electron chi connectivity index (χ0n) is 21.3. The van der Waals surface area contributed by atoms with Gasteiger partial charge in [-0.1, -0.05) is 35.0 Å². The molecule has 1 aromatic heterocycles. The van der Waals surface area contributed by atoms with E-state index >= 15 is 0 Å². The van der Waals surface area contributed by atoms with Crippen molar-refractivity contribution in [2.45, 2.75) is 44.2 Å². The van der Waals surface area contributed by atoms with Gasteiger partial charge >= 0.3 is 0 Å². The maximum atomic E-state index is 13.3. The van der Waals surface area contributed by atoms with Gasteiger partial charge in [-0.2, -0.15) is 0 Å². The van der Waals surface area contributed by atoms with Crippen molar-refractivity contribution < 1.29 is 9.59 Å². The number of piperazine rings is 1. The highest BCUT2D eigenvalue weighted by Gasteiger charge is 2.37. The average molecular weight is 502 g/mol. The first-order valence-corrected chi connectivity index (χ1v) is 13.2. The Morgan fingerprint density at radius 2 is 1.84 bits per heavy atom. The van der Waals surface area contributed by atoms with E-state index in [1.54, 1.807) is 29.2 Å². The summed E-state index contributed by atoms with van der Waals surface area (Å²) in [4.78, 5) is 28.3. The summed E-state index contributed by atoms with van der Waals surface area (Å²) in [7, 11) is 0. The van der Waals surface area contributed by atoms with Gasteiger partial charge in [0, 0.05) is 43.7 Å². The van der Waals surface area contributed by atoms with Crippen molar-refractivity contribution in [2.75, 3.05) is 32.7 Å². The van der Waals surface area contributed by atoms with Gasteiger partial charge in [0.25, 0.3) is 5.91 Å². The Morgan fingerprint density at radius 1 is 1.08 bits per heavy atom. The minimum Gasteiger partial charge on any atom is -0.340 e. The Morgan fingerprint density at radius 3 is 2.54 bits per heavy atom. The summed E-state index contributed by atoms with van der Waals surface area (Å²) in [6, 6.07) is 15.9. The first-order valence-electron chi connectivity index (χ1n) is 13.2. The molecule has 2 aromatic carbocycles. The van der Waals surface area contributed by atoms with E-state index in [1.807, 2.05) is 17.0 Å². The van der Waals surface area contributed by atoms with Gasteiger partial charge in [0.2, 0.25) is 5.91 Å². The molecule has 3 aromatic rings. The largest absolute Gasteiger partial charge is 0.340 e. The molecule has 0 radical (unpaired) electrons. The molecule has 9 heteroatoms. The fraction of sp³-hybridized carbons (Fsp3) is 0.429. The van der Waals surface area contributed by atoms with E-state index in [2.05, 4.69) is 57.5 Å². The van der Waals surface area contributed by atoms with Crippen molar-refractivity contribution in [2.24, 2.45) is 0 Å². The number of carbonyl (C=O) groups is 2. The van der Waals surface area contributed by atoms with Crippen molar-refractivity contribution in [1.82, 2.24) is 35.8 Å². The standard InChI is InChI=1S/C28H35N7O2/c1-20-4-6-21(7-5-20)24-19-26(24)30-12-2-3-25(28(37)34-16-13-29-14-17-34)32-27(36)22-8-10-23(11-9-22)35-18-15-31-33-35/h4-11,15,18,24-26,29-30H,2-3,12-14,16-17,19H2,1H3,(H,32,36)/t24-,25-,26+/m0/s1. The van der Waals surface area contributed by atoms with E-state index in [1.165, 1.54) is 11.1 Å². The lowest BCUT2D eigenvalue weighted by Gasteiger charge is -2.31. The van der Waals surface area contributed by atoms with Crippen LogP contribution >= 0.6 is 0 Å². The van der Waals surface area contributed by atoms with E-state index in [0.717, 1.165) is 38.2 Å². The highest BCUT2D eigenvalue weighted by atomic mass is 16.2. The van der Waals surface area contributed by atoms with Crippen LogP contribution in [0.15, 0.2) is 60.9 Å². The van der Waals surface area contributed by atoms with Crippen LogP contribution in [0.2, 0.25) is 0 Å². The summed E-state index contributed by atoms with van der Waals surface area (Å²) < 4.78 is 1.63. The molecule has 9 nitrogen and oxygen atoms in total. The second kappa shape index (κ2) is 11.7. The van der Waals surface area contributed by atoms with Crippen LogP contribution in [0.25, 0.3) is 5.69 Å². The Kier molecular flexibility index (Phi) is 7.91. The van der Waals surface area contributed by atoms with Crippen LogP contribution < -0.4 is 16.0 Å². The molecule has 2 heterocycles. The molecule has 5 rings (SSSR count). The van der Waals surface area contributed by atoms with Crippen LogP contribution in [-0.4, -0.2) is 76.5 Å². The number of hydrogen-bond acceptors (Lipinski definition) is 6. The Balaban J connectivity index is 1.16. The van der Waals surface area contributed by atoms with Crippen LogP contribution in [0.3, 0.4) is 0 Å². The number of aromatic nitrogens is 3. The number of nitrogens with one attached hydrogen (secondary N) is 3. The third-order valence-corrected chi connectivity index (χ3v) is 7.22. The van der Waals surface area contributed by atoms with Crippen LogP contribution in [0.5, 0.6) is 0 Å². The summed E-state index contributed by atoms with van der Waals surface area (Å²) >= 11 is 0. The molecule has 3 atom stereocenters. The Bertz CT molecular complexity index is 1170. The molecule has 2 amide bonds. The zero-order chi connectivity index (χ0) is 25.6. The summed E-state index contributed by atoms with van der Waals surface area (Å²) in [5.74, 6) is 0.324. The normalized spacial score (nSPS) is 19.9. The predicted octanol–water partition coefficient (Wildman–Crippen LogP) is 2.03. The fourth-order valence-electron chi connectivity index (χ4n) is 4.91. The maximum Gasteiger partial charge on any atom is 0.251 e. The number of benzene rings is 2. The van der Waals surface area contributed by atoms with Crippen molar-refractivity contribution in [3.63, 3.8) is 0 Å². The molecule has 1 saturated heterocycles. The molecule has 2 aliphatic rings. The highest BCUT2D eigenvalue weighted by Crippen LogP contribution is 2.40. The number of aryl methyl sites for hydroxylation is 1. The lowest BCUT2D eigenvalue weighted by Crippen LogP contribution is -2.54. The highest BCUT2D eigenvalue weighted by molar-refractivity contribution is 5.97. The SMILES string of the molecule is Cc1ccc([C@@H]2C[C@H]2NCCC[C@H](NC(=O)c2ccc(-n3ccnn3)cc2)C(=O)N2CCNCC2)cc1. The minimum atomic E-state index is -0.547. The topological polar surface area (TPSA) is 104 Å². The zero-order valence-corrected chi connectivity index (χ0v) is 21.3. The van der Waals surface area contributed by atoms with Crippen molar-refractivity contribution in [3.8, 4) is 5.69 Å². The molecule has 0 unspecified atom stereocenters. The average Bonchev–Trinajstić information content (AvgIpc) is 3.49. The second-order valence-corrected chi connectivity index (χ2v) is 9.95. The number of nitrogens with zero attached hydrogens (tertiary/aromatic N) is 4. The van der Waals surface area contributed by atoms with Crippen LogP contribution in [-0.2, 0) is 4.79 Å². The monoisotopic (exact) mass is 501 g/mol. The first kappa shape index (κ1) is 25.1. The fourth-order valence-corrected chi connectivity index (χ4v) is 4.91. The Labute approximate surface area is 217 Å². The molecular formula is C28H35N7O2. The van der Waals surface area contributed by atoms with E-state index in [-0.39, 0.29) is 11.8 Å². The molecule has 1 saturated carbocycles. The van der Waals surface area contributed by atoms with Crippen molar-refractivity contribution in [3.05, 3.63) is 77.6 Å². The van der Waals surface area contributed by atoms with Gasteiger partial charge in [-0.3, -0.25) is 9.59 Å². The lowest BCUT2D eigenvalue weighted by molar-refractivity contribution is -0.134. The maximum absolute atomic E-state index is 13.3. The van der Waals surface area contributed by atoms with E-state index < -0.39 is 6.04 Å². The third kappa shape index (κ3) is 6.42. The van der Waals surface area contributed by atoms with Gasteiger partial charge in [0.1, 0.15) is 6.04 Å². The molecule has 194 valence electrons. The van der Waals surface area contributed by atoms with Crippen molar-refractivity contribution >= 4 is 11.8 Å².